The van der Waals surface area contributed by atoms with Gasteiger partial charge in [-0.15, -0.1) is 0 Å². The van der Waals surface area contributed by atoms with Crippen LogP contribution >= 0.6 is 0 Å². The number of hydrogen-bond donors (Lipinski definition) is 2. The summed E-state index contributed by atoms with van der Waals surface area (Å²) in [6.45, 7) is 3.86. The Labute approximate surface area is 124 Å². The van der Waals surface area contributed by atoms with E-state index < -0.39 is 11.9 Å². The highest BCUT2D eigenvalue weighted by molar-refractivity contribution is 5.84. The van der Waals surface area contributed by atoms with Gasteiger partial charge in [0.2, 0.25) is 5.91 Å². The Morgan fingerprint density at radius 2 is 1.90 bits per heavy atom. The van der Waals surface area contributed by atoms with Gasteiger partial charge in [-0.25, -0.2) is 4.39 Å². The van der Waals surface area contributed by atoms with Crippen molar-refractivity contribution in [3.8, 4) is 0 Å². The molecule has 0 aliphatic heterocycles. The summed E-state index contributed by atoms with van der Waals surface area (Å²) >= 11 is 0. The highest BCUT2D eigenvalue weighted by Crippen LogP contribution is 2.22. The minimum absolute atomic E-state index is 0.345. The number of nitrogens with one attached hydrogen (secondary N) is 1. The lowest BCUT2D eigenvalue weighted by atomic mass is 10.0. The maximum absolute atomic E-state index is 13.4. The van der Waals surface area contributed by atoms with Crippen LogP contribution in [0.5, 0.6) is 0 Å². The Balaban J connectivity index is 2.28. The third-order valence-electron chi connectivity index (χ3n) is 3.36. The van der Waals surface area contributed by atoms with Gasteiger partial charge in [0.05, 0.1) is 0 Å². The summed E-state index contributed by atoms with van der Waals surface area (Å²) in [5.41, 5.74) is 8.73. The van der Waals surface area contributed by atoms with E-state index in [-0.39, 0.29) is 5.82 Å². The monoisotopic (exact) mass is 286 g/mol. The van der Waals surface area contributed by atoms with E-state index in [4.69, 9.17) is 5.73 Å². The van der Waals surface area contributed by atoms with Gasteiger partial charge >= 0.3 is 0 Å². The Hall–Kier alpha value is -2.36. The fourth-order valence-electron chi connectivity index (χ4n) is 2.25. The smallest absolute Gasteiger partial charge is 0.244 e. The maximum atomic E-state index is 13.4. The molecule has 1 unspecified atom stereocenters. The van der Waals surface area contributed by atoms with Crippen molar-refractivity contribution in [2.45, 2.75) is 26.3 Å². The normalized spacial score (nSPS) is 12.0. The molecule has 3 N–H and O–H groups in total. The van der Waals surface area contributed by atoms with Gasteiger partial charge in [0, 0.05) is 5.69 Å². The van der Waals surface area contributed by atoms with Gasteiger partial charge in [-0.1, -0.05) is 31.2 Å². The van der Waals surface area contributed by atoms with Crippen LogP contribution < -0.4 is 11.1 Å². The first kappa shape index (κ1) is 15.0. The second-order valence-electron chi connectivity index (χ2n) is 5.09. The van der Waals surface area contributed by atoms with E-state index in [2.05, 4.69) is 12.2 Å². The first-order valence-corrected chi connectivity index (χ1v) is 6.91. The highest BCUT2D eigenvalue weighted by atomic mass is 19.1. The fourth-order valence-corrected chi connectivity index (χ4v) is 2.25. The van der Waals surface area contributed by atoms with Crippen molar-refractivity contribution < 1.29 is 9.18 Å². The van der Waals surface area contributed by atoms with Gasteiger partial charge in [-0.05, 0) is 48.2 Å². The molecule has 1 amide bonds. The SMILES string of the molecule is CCc1ccc(C(Nc2cc(C)cc(F)c2)C(N)=O)cc1. The molecule has 0 aromatic heterocycles. The quantitative estimate of drug-likeness (QED) is 0.885. The van der Waals surface area contributed by atoms with Crippen molar-refractivity contribution in [2.75, 3.05) is 5.32 Å². The van der Waals surface area contributed by atoms with Crippen LogP contribution in [-0.4, -0.2) is 5.91 Å². The molecule has 1 atom stereocenters. The number of amides is 1. The zero-order chi connectivity index (χ0) is 15.4. The zero-order valence-electron chi connectivity index (χ0n) is 12.2. The van der Waals surface area contributed by atoms with Crippen molar-refractivity contribution in [3.05, 3.63) is 65.0 Å². The average Bonchev–Trinajstić information content (AvgIpc) is 2.43. The van der Waals surface area contributed by atoms with Crippen LogP contribution in [0.3, 0.4) is 0 Å². The summed E-state index contributed by atoms with van der Waals surface area (Å²) in [6, 6.07) is 11.5. The van der Waals surface area contributed by atoms with Crippen LogP contribution in [0.25, 0.3) is 0 Å². The van der Waals surface area contributed by atoms with Crippen molar-refractivity contribution in [1.29, 1.82) is 0 Å². The van der Waals surface area contributed by atoms with Gasteiger partial charge in [-0.2, -0.15) is 0 Å². The molecule has 2 rings (SSSR count). The molecule has 21 heavy (non-hydrogen) atoms. The first-order valence-electron chi connectivity index (χ1n) is 6.91. The molecule has 0 spiro atoms. The minimum atomic E-state index is -0.683. The molecule has 0 fully saturated rings. The third kappa shape index (κ3) is 3.81. The van der Waals surface area contributed by atoms with Crippen molar-refractivity contribution in [1.82, 2.24) is 0 Å². The van der Waals surface area contributed by atoms with Crippen molar-refractivity contribution in [2.24, 2.45) is 5.73 Å². The molecule has 2 aromatic carbocycles. The predicted molar refractivity (Wildman–Crippen MR) is 82.5 cm³/mol. The first-order chi connectivity index (χ1) is 9.99. The molecule has 110 valence electrons. The summed E-state index contributed by atoms with van der Waals surface area (Å²) < 4.78 is 13.4. The molecule has 0 aliphatic carbocycles. The number of primary amides is 1. The number of carbonyl (C=O) groups excluding carboxylic acids is 1. The molecule has 0 saturated heterocycles. The maximum Gasteiger partial charge on any atom is 0.244 e. The van der Waals surface area contributed by atoms with E-state index in [1.807, 2.05) is 24.3 Å². The summed E-state index contributed by atoms with van der Waals surface area (Å²) in [6.07, 6.45) is 0.929. The average molecular weight is 286 g/mol. The number of rotatable bonds is 5. The Morgan fingerprint density at radius 1 is 1.24 bits per heavy atom. The third-order valence-corrected chi connectivity index (χ3v) is 3.36. The van der Waals surface area contributed by atoms with Gasteiger partial charge in [0.1, 0.15) is 11.9 Å². The Bertz CT molecular complexity index is 617. The van der Waals surface area contributed by atoms with Gasteiger partial charge in [0.25, 0.3) is 0 Å². The summed E-state index contributed by atoms with van der Waals surface area (Å²) in [5.74, 6) is -0.844. The second kappa shape index (κ2) is 6.39. The molecule has 3 nitrogen and oxygen atoms in total. The van der Waals surface area contributed by atoms with Crippen LogP contribution in [0.15, 0.2) is 42.5 Å². The molecule has 0 saturated carbocycles. The Kier molecular flexibility index (Phi) is 4.58. The van der Waals surface area contributed by atoms with E-state index in [1.54, 1.807) is 13.0 Å². The lowest BCUT2D eigenvalue weighted by Crippen LogP contribution is -2.27. The topological polar surface area (TPSA) is 55.1 Å². The molecular formula is C17H19FN2O. The van der Waals surface area contributed by atoms with Crippen LogP contribution in [0.1, 0.15) is 29.7 Å². The molecule has 0 heterocycles. The van der Waals surface area contributed by atoms with E-state index in [0.29, 0.717) is 5.69 Å². The molecule has 4 heteroatoms. The molecule has 0 bridgehead atoms. The van der Waals surface area contributed by atoms with Gasteiger partial charge in [0.15, 0.2) is 0 Å². The largest absolute Gasteiger partial charge is 0.370 e. The highest BCUT2D eigenvalue weighted by Gasteiger charge is 2.17. The van der Waals surface area contributed by atoms with Crippen LogP contribution in [0.2, 0.25) is 0 Å². The molecular weight excluding hydrogens is 267 g/mol. The lowest BCUT2D eigenvalue weighted by molar-refractivity contribution is -0.118. The Morgan fingerprint density at radius 3 is 2.43 bits per heavy atom. The molecule has 0 radical (unpaired) electrons. The van der Waals surface area contributed by atoms with Crippen LogP contribution in [0, 0.1) is 12.7 Å². The minimum Gasteiger partial charge on any atom is -0.370 e. The summed E-state index contributed by atoms with van der Waals surface area (Å²) in [5, 5.41) is 3.00. The number of anilines is 1. The molecule has 0 aliphatic rings. The number of aryl methyl sites for hydroxylation is 2. The van der Waals surface area contributed by atoms with E-state index in [1.165, 1.54) is 17.7 Å². The van der Waals surface area contributed by atoms with Crippen LogP contribution in [0.4, 0.5) is 10.1 Å². The lowest BCUT2D eigenvalue weighted by Gasteiger charge is -2.18. The van der Waals surface area contributed by atoms with Crippen molar-refractivity contribution >= 4 is 11.6 Å². The number of hydrogen-bond acceptors (Lipinski definition) is 2. The van der Waals surface area contributed by atoms with E-state index in [9.17, 15) is 9.18 Å². The predicted octanol–water partition coefficient (Wildman–Crippen LogP) is 3.34. The fraction of sp³-hybridized carbons (Fsp3) is 0.235. The van der Waals surface area contributed by atoms with Crippen LogP contribution in [-0.2, 0) is 11.2 Å². The second-order valence-corrected chi connectivity index (χ2v) is 5.09. The van der Waals surface area contributed by atoms with E-state index in [0.717, 1.165) is 17.5 Å². The summed E-state index contributed by atoms with van der Waals surface area (Å²) in [4.78, 5) is 11.7. The molecule has 2 aromatic rings. The van der Waals surface area contributed by atoms with Gasteiger partial charge < -0.3 is 11.1 Å². The number of halogens is 1. The van der Waals surface area contributed by atoms with E-state index >= 15 is 0 Å². The number of benzene rings is 2. The number of nitrogens with two attached hydrogens (primary N) is 1. The van der Waals surface area contributed by atoms with Crippen molar-refractivity contribution in [3.63, 3.8) is 0 Å². The number of carbonyl (C=O) groups is 1. The summed E-state index contributed by atoms with van der Waals surface area (Å²) in [7, 11) is 0. The van der Waals surface area contributed by atoms with Gasteiger partial charge in [-0.3, -0.25) is 4.79 Å². The standard InChI is InChI=1S/C17H19FN2O/c1-3-12-4-6-13(7-5-12)16(17(19)21)20-15-9-11(2)8-14(18)10-15/h4-10,16,20H,3H2,1-2H3,(H2,19,21). The zero-order valence-corrected chi connectivity index (χ0v) is 12.2.